The molecule has 0 unspecified atom stereocenters. The van der Waals surface area contributed by atoms with Gasteiger partial charge >= 0.3 is 5.97 Å². The number of thiazole rings is 1. The van der Waals surface area contributed by atoms with Crippen molar-refractivity contribution in [3.8, 4) is 11.5 Å². The molecule has 3 aromatic carbocycles. The second-order valence-corrected chi connectivity index (χ2v) is 10.7. The minimum absolute atomic E-state index is 0.0184. The van der Waals surface area contributed by atoms with E-state index in [1.807, 2.05) is 30.3 Å². The minimum Gasteiger partial charge on any atom is -0.493 e. The number of aromatic nitrogens is 1. The van der Waals surface area contributed by atoms with Crippen LogP contribution in [0.3, 0.4) is 0 Å². The molecule has 14 heteroatoms. The van der Waals surface area contributed by atoms with E-state index in [1.165, 1.54) is 48.1 Å². The van der Waals surface area contributed by atoms with Gasteiger partial charge in [0.25, 0.3) is 16.9 Å². The summed E-state index contributed by atoms with van der Waals surface area (Å²) in [6.45, 7) is 3.31. The first-order valence-corrected chi connectivity index (χ1v) is 14.4. The van der Waals surface area contributed by atoms with Gasteiger partial charge in [0.05, 0.1) is 45.3 Å². The summed E-state index contributed by atoms with van der Waals surface area (Å²) in [5.41, 5.74) is 0.623. The zero-order valence-corrected chi connectivity index (χ0v) is 25.1. The smallest absolute Gasteiger partial charge is 0.338 e. The molecule has 0 aliphatic carbocycles. The van der Waals surface area contributed by atoms with E-state index in [9.17, 15) is 29.8 Å². The molecule has 45 heavy (non-hydrogen) atoms. The normalized spacial score (nSPS) is 14.4. The molecule has 0 N–H and O–H groups in total. The zero-order chi connectivity index (χ0) is 32.2. The number of carbonyl (C=O) groups is 1. The SMILES string of the molecule is CCOC(=O)C1=C(C)n2c(s/c(=C\c3ccc([N+](=O)[O-])cc3)c2=O)=N[C@@H]1c1cc(OC)c(OCc2ccccc2)cc1[N+](=O)[O-]. The summed E-state index contributed by atoms with van der Waals surface area (Å²) in [4.78, 5) is 54.0. The molecule has 0 fully saturated rings. The number of methoxy groups -OCH3 is 1. The maximum atomic E-state index is 13.5. The zero-order valence-electron chi connectivity index (χ0n) is 24.3. The Morgan fingerprint density at radius 3 is 2.38 bits per heavy atom. The molecule has 1 aromatic heterocycles. The topological polar surface area (TPSA) is 165 Å². The highest BCUT2D eigenvalue weighted by atomic mass is 32.1. The van der Waals surface area contributed by atoms with E-state index >= 15 is 0 Å². The number of hydrogen-bond acceptors (Lipinski definition) is 11. The highest BCUT2D eigenvalue weighted by molar-refractivity contribution is 7.07. The summed E-state index contributed by atoms with van der Waals surface area (Å²) >= 11 is 1.01. The summed E-state index contributed by atoms with van der Waals surface area (Å²) in [5.74, 6) is -0.478. The van der Waals surface area contributed by atoms with Gasteiger partial charge in [-0.05, 0) is 49.2 Å². The lowest BCUT2D eigenvalue weighted by Crippen LogP contribution is -2.35. The maximum Gasteiger partial charge on any atom is 0.338 e. The summed E-state index contributed by atoms with van der Waals surface area (Å²) in [7, 11) is 1.39. The van der Waals surface area contributed by atoms with E-state index in [1.54, 1.807) is 19.9 Å². The number of carbonyl (C=O) groups excluding carboxylic acids is 1. The molecule has 0 saturated carbocycles. The minimum atomic E-state index is -1.22. The monoisotopic (exact) mass is 630 g/mol. The molecular weight excluding hydrogens is 604 g/mol. The van der Waals surface area contributed by atoms with Crippen molar-refractivity contribution in [3.05, 3.63) is 129 Å². The van der Waals surface area contributed by atoms with E-state index in [4.69, 9.17) is 14.2 Å². The van der Waals surface area contributed by atoms with Crippen molar-refractivity contribution in [2.24, 2.45) is 4.99 Å². The Bertz CT molecular complexity index is 2020. The lowest BCUT2D eigenvalue weighted by molar-refractivity contribution is -0.385. The second-order valence-electron chi connectivity index (χ2n) is 9.73. The molecule has 0 amide bonds. The first-order valence-electron chi connectivity index (χ1n) is 13.6. The molecule has 4 aromatic rings. The van der Waals surface area contributed by atoms with Crippen LogP contribution in [0.1, 0.15) is 36.6 Å². The van der Waals surface area contributed by atoms with Crippen molar-refractivity contribution in [2.75, 3.05) is 13.7 Å². The molecule has 1 atom stereocenters. The number of nitrogens with zero attached hydrogens (tertiary/aromatic N) is 4. The number of nitro groups is 2. The summed E-state index contributed by atoms with van der Waals surface area (Å²) in [6, 6.07) is 16.3. The average molecular weight is 631 g/mol. The first kappa shape index (κ1) is 30.8. The van der Waals surface area contributed by atoms with Crippen molar-refractivity contribution >= 4 is 40.5 Å². The molecule has 5 rings (SSSR count). The van der Waals surface area contributed by atoms with Crippen LogP contribution in [-0.4, -0.2) is 34.1 Å². The van der Waals surface area contributed by atoms with Crippen LogP contribution in [0.25, 0.3) is 11.8 Å². The number of non-ortho nitro benzene ring substituents is 1. The predicted octanol–water partition coefficient (Wildman–Crippen LogP) is 4.31. The molecule has 230 valence electrons. The van der Waals surface area contributed by atoms with E-state index in [2.05, 4.69) is 4.99 Å². The van der Waals surface area contributed by atoms with Crippen LogP contribution in [0.2, 0.25) is 0 Å². The molecule has 0 bridgehead atoms. The fourth-order valence-electron chi connectivity index (χ4n) is 4.84. The number of allylic oxidation sites excluding steroid dienone is 1. The van der Waals surface area contributed by atoms with E-state index < -0.39 is 27.4 Å². The molecule has 1 aliphatic heterocycles. The third-order valence-corrected chi connectivity index (χ3v) is 7.97. The molecule has 1 aliphatic rings. The summed E-state index contributed by atoms with van der Waals surface area (Å²) in [5, 5.41) is 23.4. The second kappa shape index (κ2) is 12.9. The van der Waals surface area contributed by atoms with Crippen LogP contribution in [0.15, 0.2) is 82.1 Å². The van der Waals surface area contributed by atoms with Crippen LogP contribution in [0, 0.1) is 20.2 Å². The fraction of sp³-hybridized carbons (Fsp3) is 0.194. The number of esters is 1. The van der Waals surface area contributed by atoms with E-state index in [-0.39, 0.29) is 62.3 Å². The number of fused-ring (bicyclic) bond motifs is 1. The number of benzene rings is 3. The molecule has 13 nitrogen and oxygen atoms in total. The molecule has 0 spiro atoms. The van der Waals surface area contributed by atoms with Gasteiger partial charge in [-0.15, -0.1) is 0 Å². The fourth-order valence-corrected chi connectivity index (χ4v) is 5.88. The quantitative estimate of drug-likeness (QED) is 0.141. The average Bonchev–Trinajstić information content (AvgIpc) is 3.34. The van der Waals surface area contributed by atoms with Gasteiger partial charge in [0.15, 0.2) is 16.3 Å². The van der Waals surface area contributed by atoms with Crippen molar-refractivity contribution in [3.63, 3.8) is 0 Å². The number of ether oxygens (including phenoxy) is 3. The van der Waals surface area contributed by atoms with Crippen LogP contribution in [-0.2, 0) is 16.1 Å². The number of rotatable bonds is 10. The lowest BCUT2D eigenvalue weighted by Gasteiger charge is -2.23. The van der Waals surface area contributed by atoms with Gasteiger partial charge in [-0.3, -0.25) is 29.6 Å². The van der Waals surface area contributed by atoms with Gasteiger partial charge in [0.1, 0.15) is 12.6 Å². The van der Waals surface area contributed by atoms with Gasteiger partial charge in [0, 0.05) is 17.8 Å². The third kappa shape index (κ3) is 6.21. The van der Waals surface area contributed by atoms with Crippen molar-refractivity contribution in [1.82, 2.24) is 4.57 Å². The van der Waals surface area contributed by atoms with Gasteiger partial charge in [-0.25, -0.2) is 9.79 Å². The largest absolute Gasteiger partial charge is 0.493 e. The molecule has 0 saturated heterocycles. The Kier molecular flexibility index (Phi) is 8.86. The Labute approximate surface area is 259 Å². The predicted molar refractivity (Wildman–Crippen MR) is 165 cm³/mol. The highest BCUT2D eigenvalue weighted by Crippen LogP contribution is 2.43. The van der Waals surface area contributed by atoms with Gasteiger partial charge in [-0.2, -0.15) is 0 Å². The Hall–Kier alpha value is -5.63. The van der Waals surface area contributed by atoms with E-state index in [0.717, 1.165) is 16.9 Å². The van der Waals surface area contributed by atoms with Crippen LogP contribution >= 0.6 is 11.3 Å². The molecule has 2 heterocycles. The van der Waals surface area contributed by atoms with Gasteiger partial charge < -0.3 is 14.2 Å². The van der Waals surface area contributed by atoms with Crippen molar-refractivity contribution < 1.29 is 28.9 Å². The Balaban J connectivity index is 1.67. The summed E-state index contributed by atoms with van der Waals surface area (Å²) in [6.07, 6.45) is 1.55. The maximum absolute atomic E-state index is 13.5. The Morgan fingerprint density at radius 1 is 1.04 bits per heavy atom. The standard InChI is InChI=1S/C31H26N4O9S/c1-4-43-30(37)27-18(2)33-29(36)26(14-19-10-12-21(13-11-19)34(38)39)45-31(33)32-28(27)22-15-24(42-3)25(16-23(22)35(40)41)44-17-20-8-6-5-7-9-20/h5-16,28H,4,17H2,1-3H3/b26-14-/t28-/m1/s1. The molecule has 0 radical (unpaired) electrons. The van der Waals surface area contributed by atoms with Gasteiger partial charge in [-0.1, -0.05) is 41.7 Å². The first-order chi connectivity index (χ1) is 21.6. The van der Waals surface area contributed by atoms with Gasteiger partial charge in [0.2, 0.25) is 0 Å². The lowest BCUT2D eigenvalue weighted by atomic mass is 9.94. The van der Waals surface area contributed by atoms with Crippen molar-refractivity contribution in [1.29, 1.82) is 0 Å². The Morgan fingerprint density at radius 2 is 1.76 bits per heavy atom. The highest BCUT2D eigenvalue weighted by Gasteiger charge is 2.36. The third-order valence-electron chi connectivity index (χ3n) is 6.98. The summed E-state index contributed by atoms with van der Waals surface area (Å²) < 4.78 is 18.2. The number of hydrogen-bond donors (Lipinski definition) is 0. The van der Waals surface area contributed by atoms with E-state index in [0.29, 0.717) is 5.56 Å². The van der Waals surface area contributed by atoms with Crippen LogP contribution < -0.4 is 24.4 Å². The van der Waals surface area contributed by atoms with Crippen molar-refractivity contribution in [2.45, 2.75) is 26.5 Å². The number of nitro benzene ring substituents is 2. The van der Waals surface area contributed by atoms with Crippen LogP contribution in [0.5, 0.6) is 11.5 Å². The van der Waals surface area contributed by atoms with Crippen LogP contribution in [0.4, 0.5) is 11.4 Å². The molecular formula is C31H26N4O9S.